The number of rotatable bonds is 11. The van der Waals surface area contributed by atoms with Gasteiger partial charge < -0.3 is 4.90 Å². The Hall–Kier alpha value is -1.12. The number of hydrogen-bond acceptors (Lipinski definition) is 3. The molecule has 0 atom stereocenters. The van der Waals surface area contributed by atoms with Gasteiger partial charge in [0.1, 0.15) is 0 Å². The van der Waals surface area contributed by atoms with Gasteiger partial charge in [0.2, 0.25) is 5.95 Å². The van der Waals surface area contributed by atoms with Gasteiger partial charge in [-0.25, -0.2) is 9.97 Å². The summed E-state index contributed by atoms with van der Waals surface area (Å²) in [5, 5.41) is 0. The predicted molar refractivity (Wildman–Crippen MR) is 106 cm³/mol. The fraction of sp³-hybridized carbons (Fsp3) is 0.810. The molecular formula is C21H39N3. The van der Waals surface area contributed by atoms with E-state index in [0.717, 1.165) is 18.9 Å². The van der Waals surface area contributed by atoms with Crippen molar-refractivity contribution in [2.45, 2.75) is 99.0 Å². The van der Waals surface area contributed by atoms with E-state index in [1.165, 1.54) is 50.5 Å². The summed E-state index contributed by atoms with van der Waals surface area (Å²) in [6.07, 6.45) is 13.8. The standard InChI is InChI=1S/C21H39N3/c1-7-10-12-19(13-11-8-2)24(15-14-21(4,5)6)20-22-16-18(9-3)17-23-20/h16-17,19H,7-15H2,1-6H3. The van der Waals surface area contributed by atoms with Gasteiger partial charge in [-0.1, -0.05) is 67.2 Å². The van der Waals surface area contributed by atoms with Gasteiger partial charge in [-0.05, 0) is 36.7 Å². The number of nitrogens with zero attached hydrogens (tertiary/aromatic N) is 3. The molecule has 1 rings (SSSR count). The first-order valence-electron chi connectivity index (χ1n) is 9.98. The normalized spacial score (nSPS) is 12.0. The lowest BCUT2D eigenvalue weighted by atomic mass is 9.91. The van der Waals surface area contributed by atoms with E-state index in [1.807, 2.05) is 12.4 Å². The quantitative estimate of drug-likeness (QED) is 0.495. The van der Waals surface area contributed by atoms with Crippen LogP contribution in [0.1, 0.15) is 92.1 Å². The highest BCUT2D eigenvalue weighted by Gasteiger charge is 2.22. The third kappa shape index (κ3) is 7.63. The first-order chi connectivity index (χ1) is 11.4. The van der Waals surface area contributed by atoms with Crippen LogP contribution < -0.4 is 4.90 Å². The minimum Gasteiger partial charge on any atom is -0.338 e. The first-order valence-corrected chi connectivity index (χ1v) is 9.98. The summed E-state index contributed by atoms with van der Waals surface area (Å²) in [4.78, 5) is 11.9. The van der Waals surface area contributed by atoms with E-state index < -0.39 is 0 Å². The molecule has 1 aromatic heterocycles. The van der Waals surface area contributed by atoms with Gasteiger partial charge in [0, 0.05) is 25.0 Å². The zero-order chi connectivity index (χ0) is 18.0. The van der Waals surface area contributed by atoms with Gasteiger partial charge in [0.05, 0.1) is 0 Å². The van der Waals surface area contributed by atoms with Crippen molar-refractivity contribution < 1.29 is 0 Å². The second-order valence-electron chi connectivity index (χ2n) is 8.19. The highest BCUT2D eigenvalue weighted by molar-refractivity contribution is 5.32. The molecule has 0 fully saturated rings. The number of unbranched alkanes of at least 4 members (excludes halogenated alkanes) is 2. The Bertz CT molecular complexity index is 425. The Morgan fingerprint density at radius 2 is 1.50 bits per heavy atom. The molecule has 0 N–H and O–H groups in total. The molecule has 0 unspecified atom stereocenters. The molecule has 24 heavy (non-hydrogen) atoms. The minimum atomic E-state index is 0.335. The Kier molecular flexibility index (Phi) is 9.31. The number of aromatic nitrogens is 2. The summed E-state index contributed by atoms with van der Waals surface area (Å²) in [5.41, 5.74) is 1.55. The van der Waals surface area contributed by atoms with E-state index in [0.29, 0.717) is 11.5 Å². The molecule has 0 aromatic carbocycles. The van der Waals surface area contributed by atoms with Crippen LogP contribution in [0, 0.1) is 5.41 Å². The summed E-state index contributed by atoms with van der Waals surface area (Å²) >= 11 is 0. The maximum atomic E-state index is 4.70. The van der Waals surface area contributed by atoms with Gasteiger partial charge in [0.25, 0.3) is 0 Å². The number of anilines is 1. The van der Waals surface area contributed by atoms with Crippen molar-refractivity contribution in [3.05, 3.63) is 18.0 Å². The molecule has 1 heterocycles. The van der Waals surface area contributed by atoms with Gasteiger partial charge >= 0.3 is 0 Å². The fourth-order valence-corrected chi connectivity index (χ4v) is 2.92. The summed E-state index contributed by atoms with van der Waals surface area (Å²) in [6.45, 7) is 14.7. The second-order valence-corrected chi connectivity index (χ2v) is 8.19. The van der Waals surface area contributed by atoms with E-state index in [2.05, 4.69) is 46.4 Å². The molecule has 3 nitrogen and oxygen atoms in total. The molecule has 0 saturated carbocycles. The summed E-state index contributed by atoms with van der Waals surface area (Å²) in [7, 11) is 0. The lowest BCUT2D eigenvalue weighted by Crippen LogP contribution is -2.39. The topological polar surface area (TPSA) is 29.0 Å². The largest absolute Gasteiger partial charge is 0.338 e. The third-order valence-corrected chi connectivity index (χ3v) is 4.68. The minimum absolute atomic E-state index is 0.335. The fourth-order valence-electron chi connectivity index (χ4n) is 2.92. The van der Waals surface area contributed by atoms with Crippen molar-refractivity contribution in [3.63, 3.8) is 0 Å². The molecule has 0 spiro atoms. The molecule has 138 valence electrons. The Morgan fingerprint density at radius 3 is 1.92 bits per heavy atom. The van der Waals surface area contributed by atoms with Gasteiger partial charge in [-0.2, -0.15) is 0 Å². The average Bonchev–Trinajstić information content (AvgIpc) is 2.56. The zero-order valence-electron chi connectivity index (χ0n) is 16.9. The molecule has 0 aliphatic heterocycles. The Balaban J connectivity index is 2.97. The molecule has 0 aliphatic carbocycles. The average molecular weight is 334 g/mol. The molecule has 0 saturated heterocycles. The lowest BCUT2D eigenvalue weighted by molar-refractivity contribution is 0.361. The van der Waals surface area contributed by atoms with Crippen molar-refractivity contribution in [2.75, 3.05) is 11.4 Å². The van der Waals surface area contributed by atoms with Crippen molar-refractivity contribution >= 4 is 5.95 Å². The van der Waals surface area contributed by atoms with E-state index in [9.17, 15) is 0 Å². The molecule has 1 aromatic rings. The van der Waals surface area contributed by atoms with Crippen molar-refractivity contribution in [1.82, 2.24) is 9.97 Å². The molecule has 3 heteroatoms. The van der Waals surface area contributed by atoms with E-state index >= 15 is 0 Å². The monoisotopic (exact) mass is 333 g/mol. The van der Waals surface area contributed by atoms with Gasteiger partial charge in [-0.15, -0.1) is 0 Å². The second kappa shape index (κ2) is 10.7. The summed E-state index contributed by atoms with van der Waals surface area (Å²) in [5.74, 6) is 0.925. The van der Waals surface area contributed by atoms with Crippen LogP contribution in [-0.2, 0) is 6.42 Å². The van der Waals surface area contributed by atoms with Crippen molar-refractivity contribution in [1.29, 1.82) is 0 Å². The highest BCUT2D eigenvalue weighted by atomic mass is 15.3. The maximum Gasteiger partial charge on any atom is 0.225 e. The van der Waals surface area contributed by atoms with Crippen LogP contribution in [0.25, 0.3) is 0 Å². The predicted octanol–water partition coefficient (Wildman–Crippen LogP) is 6.03. The number of aryl methyl sites for hydroxylation is 1. The first kappa shape index (κ1) is 20.9. The van der Waals surface area contributed by atoms with Crippen LogP contribution in [0.4, 0.5) is 5.95 Å². The van der Waals surface area contributed by atoms with Gasteiger partial charge in [-0.3, -0.25) is 0 Å². The van der Waals surface area contributed by atoms with Crippen LogP contribution in [0.2, 0.25) is 0 Å². The zero-order valence-corrected chi connectivity index (χ0v) is 16.9. The molecule has 0 aliphatic rings. The molecule has 0 amide bonds. The van der Waals surface area contributed by atoms with Gasteiger partial charge in [0.15, 0.2) is 0 Å². The van der Waals surface area contributed by atoms with Crippen LogP contribution in [0.3, 0.4) is 0 Å². The van der Waals surface area contributed by atoms with E-state index in [1.54, 1.807) is 0 Å². The molecule has 0 radical (unpaired) electrons. The van der Waals surface area contributed by atoms with Crippen molar-refractivity contribution in [3.8, 4) is 0 Å². The van der Waals surface area contributed by atoms with Crippen molar-refractivity contribution in [2.24, 2.45) is 5.41 Å². The Morgan fingerprint density at radius 1 is 0.958 bits per heavy atom. The van der Waals surface area contributed by atoms with E-state index in [-0.39, 0.29) is 0 Å². The Labute approximate surface area is 150 Å². The summed E-state index contributed by atoms with van der Waals surface area (Å²) in [6, 6.07) is 0.569. The van der Waals surface area contributed by atoms with E-state index in [4.69, 9.17) is 9.97 Å². The van der Waals surface area contributed by atoms with Crippen LogP contribution in [0.15, 0.2) is 12.4 Å². The molecular weight excluding hydrogens is 294 g/mol. The highest BCUT2D eigenvalue weighted by Crippen LogP contribution is 2.25. The maximum absolute atomic E-state index is 4.70. The smallest absolute Gasteiger partial charge is 0.225 e. The molecule has 0 bridgehead atoms. The lowest BCUT2D eigenvalue weighted by Gasteiger charge is -2.34. The van der Waals surface area contributed by atoms with Crippen LogP contribution in [0.5, 0.6) is 0 Å². The third-order valence-electron chi connectivity index (χ3n) is 4.68. The number of hydrogen-bond donors (Lipinski definition) is 0. The van der Waals surface area contributed by atoms with Crippen LogP contribution in [-0.4, -0.2) is 22.6 Å². The SMILES string of the molecule is CCCCC(CCCC)N(CCC(C)(C)C)c1ncc(CC)cn1. The van der Waals surface area contributed by atoms with Crippen LogP contribution >= 0.6 is 0 Å². The summed E-state index contributed by atoms with van der Waals surface area (Å²) < 4.78 is 0.